The van der Waals surface area contributed by atoms with Gasteiger partial charge in [-0.2, -0.15) is 10.1 Å². The zero-order chi connectivity index (χ0) is 20.2. The minimum absolute atomic E-state index is 0.000377. The molecule has 0 N–H and O–H groups in total. The Kier molecular flexibility index (Phi) is 4.65. The summed E-state index contributed by atoms with van der Waals surface area (Å²) in [5, 5.41) is 3.75. The molecule has 0 spiro atoms. The number of rotatable bonds is 4. The van der Waals surface area contributed by atoms with Crippen molar-refractivity contribution in [2.24, 2.45) is 5.92 Å². The van der Waals surface area contributed by atoms with Crippen molar-refractivity contribution in [1.29, 1.82) is 0 Å². The number of amides is 1. The van der Waals surface area contributed by atoms with E-state index < -0.39 is 15.1 Å². The van der Waals surface area contributed by atoms with Crippen molar-refractivity contribution in [3.63, 3.8) is 0 Å². The van der Waals surface area contributed by atoms with Crippen LogP contribution in [0.1, 0.15) is 23.4 Å². The van der Waals surface area contributed by atoms with Gasteiger partial charge in [0.15, 0.2) is 9.84 Å². The van der Waals surface area contributed by atoms with Crippen molar-refractivity contribution in [1.82, 2.24) is 29.4 Å². The molecule has 0 aliphatic carbocycles. The minimum Gasteiger partial charge on any atom is -0.341 e. The van der Waals surface area contributed by atoms with Crippen molar-refractivity contribution in [3.8, 4) is 0 Å². The molecule has 2 saturated heterocycles. The first-order valence-corrected chi connectivity index (χ1v) is 11.2. The number of carbonyl (C=O) groups is 1. The molecule has 2 aromatic rings. The highest BCUT2D eigenvalue weighted by atomic mass is 32.2. The molecule has 2 aromatic heterocycles. The second kappa shape index (κ2) is 6.77. The predicted octanol–water partition coefficient (Wildman–Crippen LogP) is -0.141. The molecular weight excluding hydrogens is 380 g/mol. The Bertz CT molecular complexity index is 1030. The standard InChI is InChI=1S/C18H26N6O3S/c1-11-13(12(2)24-18(21-11)19-10-20-24)5-6-17(25)23-7-14-15(22(3)4)9-28(26,27)16(14)8-23/h10,14-16H,5-9H2,1-4H3/t14-,15-,16-/m0/s1. The molecular formula is C18H26N6O3S. The monoisotopic (exact) mass is 406 g/mol. The van der Waals surface area contributed by atoms with Crippen LogP contribution in [0.3, 0.4) is 0 Å². The van der Waals surface area contributed by atoms with Crippen LogP contribution in [0.5, 0.6) is 0 Å². The van der Waals surface area contributed by atoms with Gasteiger partial charge in [-0.25, -0.2) is 17.9 Å². The van der Waals surface area contributed by atoms with Gasteiger partial charge in [0.1, 0.15) is 6.33 Å². The van der Waals surface area contributed by atoms with Gasteiger partial charge < -0.3 is 9.80 Å². The summed E-state index contributed by atoms with van der Waals surface area (Å²) in [6, 6.07) is -0.0174. The molecule has 0 radical (unpaired) electrons. The summed E-state index contributed by atoms with van der Waals surface area (Å²) in [6.45, 7) is 4.69. The molecule has 1 amide bonds. The topological polar surface area (TPSA) is 101 Å². The Morgan fingerprint density at radius 3 is 2.75 bits per heavy atom. The lowest BCUT2D eigenvalue weighted by molar-refractivity contribution is -0.130. The number of sulfone groups is 1. The summed E-state index contributed by atoms with van der Waals surface area (Å²) in [5.41, 5.74) is 2.77. The van der Waals surface area contributed by atoms with Crippen molar-refractivity contribution in [2.45, 2.75) is 38.0 Å². The lowest BCUT2D eigenvalue weighted by atomic mass is 10.00. The minimum atomic E-state index is -3.15. The van der Waals surface area contributed by atoms with Crippen LogP contribution in [-0.4, -0.2) is 87.9 Å². The molecule has 4 rings (SSSR count). The fourth-order valence-electron chi connectivity index (χ4n) is 4.68. The van der Waals surface area contributed by atoms with E-state index in [1.165, 1.54) is 6.33 Å². The lowest BCUT2D eigenvalue weighted by Crippen LogP contribution is -2.38. The SMILES string of the molecule is Cc1nc2ncnn2c(C)c1CCC(=O)N1C[C@H]2[C@@H](N(C)C)CS(=O)(=O)[C@H]2C1. The molecule has 0 aromatic carbocycles. The average Bonchev–Trinajstić information content (AvgIpc) is 3.30. The molecule has 9 nitrogen and oxygen atoms in total. The Hall–Kier alpha value is -2.07. The Labute approximate surface area is 164 Å². The molecule has 0 bridgehead atoms. The van der Waals surface area contributed by atoms with E-state index in [0.717, 1.165) is 17.0 Å². The van der Waals surface area contributed by atoms with Crippen LogP contribution < -0.4 is 0 Å². The summed E-state index contributed by atoms with van der Waals surface area (Å²) >= 11 is 0. The van der Waals surface area contributed by atoms with Crippen molar-refractivity contribution in [2.75, 3.05) is 32.9 Å². The summed E-state index contributed by atoms with van der Waals surface area (Å²) in [4.78, 5) is 25.1. The molecule has 28 heavy (non-hydrogen) atoms. The van der Waals surface area contributed by atoms with E-state index in [2.05, 4.69) is 15.1 Å². The van der Waals surface area contributed by atoms with Gasteiger partial charge in [0.2, 0.25) is 5.91 Å². The maximum Gasteiger partial charge on any atom is 0.252 e. The van der Waals surface area contributed by atoms with Crippen LogP contribution in [0.2, 0.25) is 0 Å². The second-order valence-corrected chi connectivity index (χ2v) is 10.4. The fourth-order valence-corrected chi connectivity index (χ4v) is 7.15. The number of aromatic nitrogens is 4. The first-order valence-electron chi connectivity index (χ1n) is 9.50. The van der Waals surface area contributed by atoms with E-state index in [4.69, 9.17) is 0 Å². The zero-order valence-corrected chi connectivity index (χ0v) is 17.5. The smallest absolute Gasteiger partial charge is 0.252 e. The first kappa shape index (κ1) is 19.3. The Morgan fingerprint density at radius 2 is 2.04 bits per heavy atom. The lowest BCUT2D eigenvalue weighted by Gasteiger charge is -2.25. The average molecular weight is 407 g/mol. The molecule has 0 unspecified atom stereocenters. The van der Waals surface area contributed by atoms with Crippen molar-refractivity contribution < 1.29 is 13.2 Å². The van der Waals surface area contributed by atoms with Crippen LogP contribution >= 0.6 is 0 Å². The summed E-state index contributed by atoms with van der Waals surface area (Å²) in [7, 11) is 0.670. The highest BCUT2D eigenvalue weighted by molar-refractivity contribution is 7.92. The van der Waals surface area contributed by atoms with Gasteiger partial charge in [-0.1, -0.05) is 0 Å². The maximum absolute atomic E-state index is 12.8. The van der Waals surface area contributed by atoms with Crippen molar-refractivity contribution >= 4 is 21.5 Å². The van der Waals surface area contributed by atoms with E-state index in [9.17, 15) is 13.2 Å². The quantitative estimate of drug-likeness (QED) is 0.696. The van der Waals surface area contributed by atoms with Crippen LogP contribution in [0.15, 0.2) is 6.33 Å². The van der Waals surface area contributed by atoms with Gasteiger partial charge in [0.25, 0.3) is 5.78 Å². The second-order valence-electron chi connectivity index (χ2n) is 8.09. The third kappa shape index (κ3) is 3.08. The van der Waals surface area contributed by atoms with E-state index in [1.807, 2.05) is 32.8 Å². The molecule has 2 aliphatic heterocycles. The third-order valence-corrected chi connectivity index (χ3v) is 8.49. The molecule has 2 fully saturated rings. The molecule has 0 saturated carbocycles. The van der Waals surface area contributed by atoms with Crippen LogP contribution in [-0.2, 0) is 21.1 Å². The summed E-state index contributed by atoms with van der Waals surface area (Å²) in [5.74, 6) is 0.747. The van der Waals surface area contributed by atoms with E-state index in [1.54, 1.807) is 9.42 Å². The Balaban J connectivity index is 1.47. The highest BCUT2D eigenvalue weighted by Gasteiger charge is 2.53. The number of hydrogen-bond acceptors (Lipinski definition) is 7. The predicted molar refractivity (Wildman–Crippen MR) is 104 cm³/mol. The van der Waals surface area contributed by atoms with Gasteiger partial charge in [-0.15, -0.1) is 0 Å². The van der Waals surface area contributed by atoms with E-state index in [0.29, 0.717) is 31.7 Å². The largest absolute Gasteiger partial charge is 0.341 e. The Morgan fingerprint density at radius 1 is 1.29 bits per heavy atom. The van der Waals surface area contributed by atoms with Crippen LogP contribution in [0, 0.1) is 19.8 Å². The summed E-state index contributed by atoms with van der Waals surface area (Å²) in [6.07, 6.45) is 2.35. The number of hydrogen-bond donors (Lipinski definition) is 0. The fraction of sp³-hybridized carbons (Fsp3) is 0.667. The number of carbonyl (C=O) groups excluding carboxylic acids is 1. The normalized spacial score (nSPS) is 26.3. The maximum atomic E-state index is 12.8. The van der Waals surface area contributed by atoms with Crippen molar-refractivity contribution in [3.05, 3.63) is 23.3 Å². The van der Waals surface area contributed by atoms with Gasteiger partial charge in [-0.3, -0.25) is 4.79 Å². The third-order valence-electron chi connectivity index (χ3n) is 6.26. The molecule has 10 heteroatoms. The van der Waals surface area contributed by atoms with Gasteiger partial charge in [-0.05, 0) is 39.9 Å². The highest BCUT2D eigenvalue weighted by Crippen LogP contribution is 2.36. The molecule has 4 heterocycles. The van der Waals surface area contributed by atoms with Crippen LogP contribution in [0.4, 0.5) is 0 Å². The number of fused-ring (bicyclic) bond motifs is 2. The molecule has 2 aliphatic rings. The molecule has 152 valence electrons. The van der Waals surface area contributed by atoms with Gasteiger partial charge in [0.05, 0.1) is 11.0 Å². The van der Waals surface area contributed by atoms with E-state index >= 15 is 0 Å². The summed E-state index contributed by atoms with van der Waals surface area (Å²) < 4.78 is 26.7. The van der Waals surface area contributed by atoms with Crippen LogP contribution in [0.25, 0.3) is 5.78 Å². The van der Waals surface area contributed by atoms with Gasteiger partial charge in [0, 0.05) is 42.9 Å². The zero-order valence-electron chi connectivity index (χ0n) is 16.7. The number of likely N-dealkylation sites (tertiary alicyclic amines) is 1. The number of nitrogens with zero attached hydrogens (tertiary/aromatic N) is 6. The molecule has 3 atom stereocenters. The van der Waals surface area contributed by atoms with E-state index in [-0.39, 0.29) is 23.6 Å². The number of aryl methyl sites for hydroxylation is 2. The first-order chi connectivity index (χ1) is 13.2. The van der Waals surface area contributed by atoms with Gasteiger partial charge >= 0.3 is 0 Å².